The standard InChI is InChI=1S/C20H15ClN4O/c21-16-3-1-2-13(10-16)12-23-20(26)15-4-5-18-17(11-15)19(25-24-18)14-6-8-22-9-7-14/h1-11H,12H2,(H,23,26)(H,24,25). The molecule has 0 saturated carbocycles. The van der Waals surface area contributed by atoms with Crippen LogP contribution in [0.5, 0.6) is 0 Å². The van der Waals surface area contributed by atoms with Gasteiger partial charge in [0, 0.05) is 40.5 Å². The zero-order valence-corrected chi connectivity index (χ0v) is 14.5. The van der Waals surface area contributed by atoms with Crippen molar-refractivity contribution in [1.82, 2.24) is 20.5 Å². The summed E-state index contributed by atoms with van der Waals surface area (Å²) in [4.78, 5) is 16.6. The second-order valence-electron chi connectivity index (χ2n) is 5.88. The third kappa shape index (κ3) is 3.30. The van der Waals surface area contributed by atoms with Gasteiger partial charge in [-0.25, -0.2) is 0 Å². The van der Waals surface area contributed by atoms with Gasteiger partial charge in [-0.05, 0) is 48.0 Å². The zero-order chi connectivity index (χ0) is 17.9. The lowest BCUT2D eigenvalue weighted by atomic mass is 10.1. The smallest absolute Gasteiger partial charge is 0.251 e. The van der Waals surface area contributed by atoms with Crippen LogP contribution >= 0.6 is 11.6 Å². The minimum absolute atomic E-state index is 0.145. The van der Waals surface area contributed by atoms with Gasteiger partial charge >= 0.3 is 0 Å². The van der Waals surface area contributed by atoms with Gasteiger partial charge in [-0.1, -0.05) is 23.7 Å². The number of nitrogens with zero attached hydrogens (tertiary/aromatic N) is 2. The average Bonchev–Trinajstić information content (AvgIpc) is 3.10. The molecule has 0 unspecified atom stereocenters. The molecule has 4 rings (SSSR count). The van der Waals surface area contributed by atoms with Gasteiger partial charge in [0.2, 0.25) is 0 Å². The molecule has 2 aromatic heterocycles. The molecule has 0 saturated heterocycles. The number of aromatic nitrogens is 3. The maximum absolute atomic E-state index is 12.5. The number of fused-ring (bicyclic) bond motifs is 1. The van der Waals surface area contributed by atoms with E-state index in [4.69, 9.17) is 11.6 Å². The fourth-order valence-electron chi connectivity index (χ4n) is 2.82. The van der Waals surface area contributed by atoms with Crippen LogP contribution in [0.4, 0.5) is 0 Å². The Bertz CT molecular complexity index is 1080. The molecular formula is C20H15ClN4O. The Hall–Kier alpha value is -3.18. The maximum Gasteiger partial charge on any atom is 0.251 e. The summed E-state index contributed by atoms with van der Waals surface area (Å²) in [5.74, 6) is -0.145. The molecule has 0 aliphatic heterocycles. The number of nitrogens with one attached hydrogen (secondary N) is 2. The van der Waals surface area contributed by atoms with Crippen molar-refractivity contribution in [3.63, 3.8) is 0 Å². The van der Waals surface area contributed by atoms with E-state index in [9.17, 15) is 4.79 Å². The van der Waals surface area contributed by atoms with Crippen molar-refractivity contribution in [3.8, 4) is 11.3 Å². The van der Waals surface area contributed by atoms with Crippen LogP contribution in [0, 0.1) is 0 Å². The number of carbonyl (C=O) groups is 1. The number of halogens is 1. The van der Waals surface area contributed by atoms with Crippen LogP contribution in [-0.4, -0.2) is 21.1 Å². The SMILES string of the molecule is O=C(NCc1cccc(Cl)c1)c1ccc2[nH]nc(-c3ccncc3)c2c1. The molecule has 0 spiro atoms. The largest absolute Gasteiger partial charge is 0.348 e. The second-order valence-corrected chi connectivity index (χ2v) is 6.32. The summed E-state index contributed by atoms with van der Waals surface area (Å²) >= 11 is 5.98. The highest BCUT2D eigenvalue weighted by Gasteiger charge is 2.12. The predicted octanol–water partition coefficient (Wildman–Crippen LogP) is 4.21. The number of hydrogen-bond donors (Lipinski definition) is 2. The highest BCUT2D eigenvalue weighted by molar-refractivity contribution is 6.30. The van der Waals surface area contributed by atoms with E-state index in [2.05, 4.69) is 20.5 Å². The first-order valence-corrected chi connectivity index (χ1v) is 8.50. The van der Waals surface area contributed by atoms with Crippen LogP contribution in [0.25, 0.3) is 22.2 Å². The van der Waals surface area contributed by atoms with Gasteiger partial charge in [0.25, 0.3) is 5.91 Å². The number of rotatable bonds is 4. The average molecular weight is 363 g/mol. The number of benzene rings is 2. The zero-order valence-electron chi connectivity index (χ0n) is 13.7. The Labute approximate surface area is 155 Å². The van der Waals surface area contributed by atoms with Gasteiger partial charge in [-0.15, -0.1) is 0 Å². The molecule has 2 heterocycles. The first-order chi connectivity index (χ1) is 12.7. The number of aromatic amines is 1. The van der Waals surface area contributed by atoms with Gasteiger partial charge < -0.3 is 5.32 Å². The van der Waals surface area contributed by atoms with Crippen molar-refractivity contribution >= 4 is 28.4 Å². The van der Waals surface area contributed by atoms with E-state index in [1.165, 1.54) is 0 Å². The van der Waals surface area contributed by atoms with E-state index in [-0.39, 0.29) is 5.91 Å². The topological polar surface area (TPSA) is 70.7 Å². The van der Waals surface area contributed by atoms with E-state index >= 15 is 0 Å². The van der Waals surface area contributed by atoms with Crippen LogP contribution in [0.2, 0.25) is 5.02 Å². The minimum Gasteiger partial charge on any atom is -0.348 e. The fourth-order valence-corrected chi connectivity index (χ4v) is 3.03. The number of H-pyrrole nitrogens is 1. The fraction of sp³-hybridized carbons (Fsp3) is 0.0500. The third-order valence-corrected chi connectivity index (χ3v) is 4.36. The first kappa shape index (κ1) is 16.3. The van der Waals surface area contributed by atoms with Crippen LogP contribution in [-0.2, 0) is 6.54 Å². The molecule has 2 aromatic carbocycles. The predicted molar refractivity (Wildman–Crippen MR) is 102 cm³/mol. The monoisotopic (exact) mass is 362 g/mol. The molecule has 0 aliphatic carbocycles. The quantitative estimate of drug-likeness (QED) is 0.571. The number of carbonyl (C=O) groups excluding carboxylic acids is 1. The summed E-state index contributed by atoms with van der Waals surface area (Å²) in [6, 6.07) is 16.7. The van der Waals surface area contributed by atoms with Gasteiger partial charge in [-0.3, -0.25) is 14.9 Å². The molecule has 0 atom stereocenters. The normalized spacial score (nSPS) is 10.8. The van der Waals surface area contributed by atoms with E-state index in [1.54, 1.807) is 24.5 Å². The van der Waals surface area contributed by atoms with Crippen molar-refractivity contribution in [2.75, 3.05) is 0 Å². The highest BCUT2D eigenvalue weighted by Crippen LogP contribution is 2.26. The summed E-state index contributed by atoms with van der Waals surface area (Å²) < 4.78 is 0. The number of pyridine rings is 1. The molecule has 26 heavy (non-hydrogen) atoms. The lowest BCUT2D eigenvalue weighted by Gasteiger charge is -2.06. The Balaban J connectivity index is 1.59. The lowest BCUT2D eigenvalue weighted by molar-refractivity contribution is 0.0951. The molecule has 0 radical (unpaired) electrons. The minimum atomic E-state index is -0.145. The van der Waals surface area contributed by atoms with Gasteiger partial charge in [0.05, 0.1) is 5.52 Å². The Morgan fingerprint density at radius 2 is 1.92 bits per heavy atom. The lowest BCUT2D eigenvalue weighted by Crippen LogP contribution is -2.22. The van der Waals surface area contributed by atoms with Crippen LogP contribution in [0.15, 0.2) is 67.0 Å². The van der Waals surface area contributed by atoms with Crippen molar-refractivity contribution in [3.05, 3.63) is 83.1 Å². The summed E-state index contributed by atoms with van der Waals surface area (Å²) in [6.07, 6.45) is 3.44. The van der Waals surface area contributed by atoms with Gasteiger partial charge in [0.1, 0.15) is 5.69 Å². The Kier molecular flexibility index (Phi) is 4.37. The molecule has 0 aliphatic rings. The van der Waals surface area contributed by atoms with Crippen LogP contribution < -0.4 is 5.32 Å². The van der Waals surface area contributed by atoms with Gasteiger partial charge in [-0.2, -0.15) is 5.10 Å². The summed E-state index contributed by atoms with van der Waals surface area (Å²) in [5, 5.41) is 11.8. The van der Waals surface area contributed by atoms with Crippen molar-refractivity contribution in [2.24, 2.45) is 0 Å². The molecule has 4 aromatic rings. The van der Waals surface area contributed by atoms with Crippen LogP contribution in [0.1, 0.15) is 15.9 Å². The maximum atomic E-state index is 12.5. The van der Waals surface area contributed by atoms with Crippen molar-refractivity contribution in [2.45, 2.75) is 6.54 Å². The molecular weight excluding hydrogens is 348 g/mol. The Morgan fingerprint density at radius 1 is 1.08 bits per heavy atom. The summed E-state index contributed by atoms with van der Waals surface area (Å²) in [6.45, 7) is 0.417. The summed E-state index contributed by atoms with van der Waals surface area (Å²) in [5.41, 5.74) is 4.15. The molecule has 6 heteroatoms. The second kappa shape index (κ2) is 6.98. The molecule has 2 N–H and O–H groups in total. The number of hydrogen-bond acceptors (Lipinski definition) is 3. The van der Waals surface area contributed by atoms with Crippen molar-refractivity contribution < 1.29 is 4.79 Å². The van der Waals surface area contributed by atoms with E-state index in [0.717, 1.165) is 27.7 Å². The van der Waals surface area contributed by atoms with Crippen LogP contribution in [0.3, 0.4) is 0 Å². The number of amides is 1. The third-order valence-electron chi connectivity index (χ3n) is 4.12. The Morgan fingerprint density at radius 3 is 2.73 bits per heavy atom. The molecule has 128 valence electrons. The van der Waals surface area contributed by atoms with E-state index in [0.29, 0.717) is 17.1 Å². The molecule has 5 nitrogen and oxygen atoms in total. The molecule has 0 bridgehead atoms. The van der Waals surface area contributed by atoms with Crippen molar-refractivity contribution in [1.29, 1.82) is 0 Å². The first-order valence-electron chi connectivity index (χ1n) is 8.12. The molecule has 1 amide bonds. The molecule has 0 fully saturated rings. The highest BCUT2D eigenvalue weighted by atomic mass is 35.5. The summed E-state index contributed by atoms with van der Waals surface area (Å²) in [7, 11) is 0. The van der Waals surface area contributed by atoms with E-state index in [1.807, 2.05) is 42.5 Å². The van der Waals surface area contributed by atoms with E-state index < -0.39 is 0 Å². The van der Waals surface area contributed by atoms with Gasteiger partial charge in [0.15, 0.2) is 0 Å².